The highest BCUT2D eigenvalue weighted by atomic mass is 32.2. The SMILES string of the molecule is COc1c(C(CC(C)C)OC=O)ccc2c1C(=O)OCc1cc(C)cc(OS(=O)(=O)C(F)(F)F)c1O2. The molecule has 0 amide bonds. The van der Waals surface area contributed by atoms with Crippen LogP contribution in [-0.4, -0.2) is 33.5 Å². The summed E-state index contributed by atoms with van der Waals surface area (Å²) in [6, 6.07) is 5.27. The fraction of sp³-hybridized carbons (Fsp3) is 0.391. The van der Waals surface area contributed by atoms with E-state index in [4.69, 9.17) is 18.9 Å². The van der Waals surface area contributed by atoms with Crippen LogP contribution in [-0.2, 0) is 31.0 Å². The van der Waals surface area contributed by atoms with Crippen LogP contribution in [0.4, 0.5) is 13.2 Å². The number of fused-ring (bicyclic) bond motifs is 2. The monoisotopic (exact) mass is 532 g/mol. The Labute approximate surface area is 205 Å². The second-order valence-electron chi connectivity index (χ2n) is 8.32. The van der Waals surface area contributed by atoms with E-state index in [0.717, 1.165) is 6.07 Å². The quantitative estimate of drug-likeness (QED) is 0.201. The van der Waals surface area contributed by atoms with Crippen LogP contribution >= 0.6 is 0 Å². The number of alkyl halides is 3. The van der Waals surface area contributed by atoms with E-state index in [-0.39, 0.29) is 40.8 Å². The minimum atomic E-state index is -6.02. The number of carbonyl (C=O) groups is 2. The average molecular weight is 532 g/mol. The van der Waals surface area contributed by atoms with Gasteiger partial charge in [0.2, 0.25) is 0 Å². The Morgan fingerprint density at radius 3 is 2.47 bits per heavy atom. The predicted molar refractivity (Wildman–Crippen MR) is 118 cm³/mol. The second-order valence-corrected chi connectivity index (χ2v) is 9.86. The van der Waals surface area contributed by atoms with Crippen LogP contribution in [0.25, 0.3) is 0 Å². The van der Waals surface area contributed by atoms with E-state index >= 15 is 0 Å². The van der Waals surface area contributed by atoms with Crippen molar-refractivity contribution < 1.29 is 54.3 Å². The summed E-state index contributed by atoms with van der Waals surface area (Å²) in [6.07, 6.45) is -0.397. The number of halogens is 3. The van der Waals surface area contributed by atoms with Crippen LogP contribution in [0.1, 0.15) is 53.4 Å². The molecule has 1 heterocycles. The largest absolute Gasteiger partial charge is 0.534 e. The molecule has 0 aromatic heterocycles. The van der Waals surface area contributed by atoms with Crippen molar-refractivity contribution >= 4 is 22.6 Å². The molecule has 0 saturated carbocycles. The van der Waals surface area contributed by atoms with Gasteiger partial charge in [-0.05, 0) is 49.1 Å². The van der Waals surface area contributed by atoms with Gasteiger partial charge in [-0.1, -0.05) is 13.8 Å². The molecular weight excluding hydrogens is 509 g/mol. The van der Waals surface area contributed by atoms with Crippen molar-refractivity contribution in [2.24, 2.45) is 5.92 Å². The van der Waals surface area contributed by atoms with Crippen molar-refractivity contribution in [1.82, 2.24) is 0 Å². The highest BCUT2D eigenvalue weighted by Crippen LogP contribution is 2.46. The van der Waals surface area contributed by atoms with E-state index in [1.165, 1.54) is 32.2 Å². The minimum absolute atomic E-state index is 0.0362. The third-order valence-corrected chi connectivity index (χ3v) is 6.11. The number of ether oxygens (including phenoxy) is 4. The first-order chi connectivity index (χ1) is 16.8. The summed E-state index contributed by atoms with van der Waals surface area (Å²) in [7, 11) is -4.76. The lowest BCUT2D eigenvalue weighted by molar-refractivity contribution is -0.134. The van der Waals surface area contributed by atoms with Gasteiger partial charge in [0.1, 0.15) is 29.8 Å². The number of carbonyl (C=O) groups excluding carboxylic acids is 2. The van der Waals surface area contributed by atoms with Crippen molar-refractivity contribution in [3.05, 3.63) is 46.5 Å². The average Bonchev–Trinajstić information content (AvgIpc) is 2.76. The first kappa shape index (κ1) is 27.1. The van der Waals surface area contributed by atoms with Crippen molar-refractivity contribution in [3.63, 3.8) is 0 Å². The van der Waals surface area contributed by atoms with Crippen molar-refractivity contribution in [1.29, 1.82) is 0 Å². The fourth-order valence-electron chi connectivity index (χ4n) is 3.67. The summed E-state index contributed by atoms with van der Waals surface area (Å²) in [4.78, 5) is 24.1. The van der Waals surface area contributed by atoms with E-state index in [1.807, 2.05) is 13.8 Å². The van der Waals surface area contributed by atoms with Gasteiger partial charge in [0.05, 0.1) is 7.11 Å². The van der Waals surface area contributed by atoms with Crippen molar-refractivity contribution in [3.8, 4) is 23.0 Å². The lowest BCUT2D eigenvalue weighted by Crippen LogP contribution is -2.28. The second kappa shape index (κ2) is 10.2. The van der Waals surface area contributed by atoms with Gasteiger partial charge in [-0.2, -0.15) is 21.6 Å². The Morgan fingerprint density at radius 1 is 1.19 bits per heavy atom. The maximum absolute atomic E-state index is 13.0. The van der Waals surface area contributed by atoms with Gasteiger partial charge in [-0.25, -0.2) is 4.79 Å². The molecule has 0 saturated heterocycles. The molecule has 0 aliphatic carbocycles. The first-order valence-corrected chi connectivity index (χ1v) is 12.0. The van der Waals surface area contributed by atoms with Crippen LogP contribution in [0, 0.1) is 12.8 Å². The predicted octanol–water partition coefficient (Wildman–Crippen LogP) is 4.95. The van der Waals surface area contributed by atoms with E-state index in [0.29, 0.717) is 17.5 Å². The molecule has 1 unspecified atom stereocenters. The van der Waals surface area contributed by atoms with E-state index in [1.54, 1.807) is 0 Å². The molecule has 0 bridgehead atoms. The zero-order valence-electron chi connectivity index (χ0n) is 19.7. The van der Waals surface area contributed by atoms with E-state index in [9.17, 15) is 31.2 Å². The number of aryl methyl sites for hydroxylation is 1. The third kappa shape index (κ3) is 5.50. The molecule has 0 fully saturated rings. The molecule has 9 nitrogen and oxygen atoms in total. The third-order valence-electron chi connectivity index (χ3n) is 5.14. The molecule has 2 aromatic carbocycles. The molecule has 13 heteroatoms. The molecule has 1 atom stereocenters. The summed E-state index contributed by atoms with van der Waals surface area (Å²) in [5.41, 5.74) is -5.17. The number of hydrogen-bond acceptors (Lipinski definition) is 9. The van der Waals surface area contributed by atoms with Crippen LogP contribution in [0.3, 0.4) is 0 Å². The van der Waals surface area contributed by atoms with Crippen LogP contribution < -0.4 is 13.7 Å². The van der Waals surface area contributed by atoms with Crippen LogP contribution in [0.15, 0.2) is 24.3 Å². The zero-order chi connectivity index (χ0) is 26.8. The molecule has 0 N–H and O–H groups in total. The smallest absolute Gasteiger partial charge is 0.495 e. The Bertz CT molecular complexity index is 1270. The maximum Gasteiger partial charge on any atom is 0.534 e. The van der Waals surface area contributed by atoms with Crippen molar-refractivity contribution in [2.75, 3.05) is 7.11 Å². The van der Waals surface area contributed by atoms with Crippen molar-refractivity contribution in [2.45, 2.75) is 45.4 Å². The molecule has 3 rings (SSSR count). The topological polar surface area (TPSA) is 114 Å². The molecule has 1 aliphatic rings. The zero-order valence-corrected chi connectivity index (χ0v) is 20.5. The Hall–Kier alpha value is -3.48. The standard InChI is InChI=1S/C23H23F3O9S/c1-12(2)7-17(33-11-27)15-5-6-16-19(21(15)31-4)22(28)32-10-14-8-13(3)9-18(20(14)34-16)35-36(29,30)23(24,25)26/h5-6,8-9,11-12,17H,7,10H2,1-4H3. The molecule has 36 heavy (non-hydrogen) atoms. The van der Waals surface area contributed by atoms with Crippen LogP contribution in [0.5, 0.6) is 23.0 Å². The van der Waals surface area contributed by atoms with Gasteiger partial charge in [0.25, 0.3) is 6.47 Å². The minimum Gasteiger partial charge on any atom is -0.495 e. The summed E-state index contributed by atoms with van der Waals surface area (Å²) < 4.78 is 88.4. The molecular formula is C23H23F3O9S. The highest BCUT2D eigenvalue weighted by Gasteiger charge is 2.49. The number of rotatable bonds is 8. The summed E-state index contributed by atoms with van der Waals surface area (Å²) in [6.45, 7) is 5.08. The number of hydrogen-bond donors (Lipinski definition) is 0. The highest BCUT2D eigenvalue weighted by molar-refractivity contribution is 7.88. The van der Waals surface area contributed by atoms with E-state index in [2.05, 4.69) is 4.18 Å². The van der Waals surface area contributed by atoms with Gasteiger partial charge in [0.15, 0.2) is 11.5 Å². The molecule has 0 radical (unpaired) electrons. The Balaban J connectivity index is 2.18. The van der Waals surface area contributed by atoms with Gasteiger partial charge >= 0.3 is 21.6 Å². The van der Waals surface area contributed by atoms with Crippen LogP contribution in [0.2, 0.25) is 0 Å². The Morgan fingerprint density at radius 2 is 1.89 bits per heavy atom. The van der Waals surface area contributed by atoms with E-state index < -0.39 is 40.1 Å². The number of cyclic esters (lactones) is 1. The van der Waals surface area contributed by atoms with Gasteiger partial charge in [-0.3, -0.25) is 4.79 Å². The maximum atomic E-state index is 13.0. The van der Waals surface area contributed by atoms with Gasteiger partial charge in [-0.15, -0.1) is 0 Å². The fourth-order valence-corrected chi connectivity index (χ4v) is 4.13. The Kier molecular flexibility index (Phi) is 7.72. The van der Waals surface area contributed by atoms with Gasteiger partial charge < -0.3 is 23.1 Å². The summed E-state index contributed by atoms with van der Waals surface area (Å²) >= 11 is 0. The summed E-state index contributed by atoms with van der Waals surface area (Å²) in [5.74, 6) is -2.15. The molecule has 196 valence electrons. The number of benzene rings is 2. The van der Waals surface area contributed by atoms with Gasteiger partial charge in [0, 0.05) is 11.1 Å². The number of methoxy groups -OCH3 is 1. The lowest BCUT2D eigenvalue weighted by Gasteiger charge is -2.25. The molecule has 1 aliphatic heterocycles. The molecule has 0 spiro atoms. The first-order valence-electron chi connectivity index (χ1n) is 10.6. The number of esters is 1. The normalized spacial score (nSPS) is 14.4. The molecule has 2 aromatic rings. The summed E-state index contributed by atoms with van der Waals surface area (Å²) in [5, 5.41) is 0. The lowest BCUT2D eigenvalue weighted by atomic mass is 9.96.